The van der Waals surface area contributed by atoms with Crippen molar-refractivity contribution in [1.82, 2.24) is 4.90 Å². The molecule has 1 aromatic carbocycles. The lowest BCUT2D eigenvalue weighted by atomic mass is 9.97. The molecule has 2 atom stereocenters. The van der Waals surface area contributed by atoms with E-state index in [0.717, 1.165) is 18.4 Å². The Morgan fingerprint density at radius 1 is 1.25 bits per heavy atom. The number of nitrogens with zero attached hydrogens (tertiary/aromatic N) is 1. The summed E-state index contributed by atoms with van der Waals surface area (Å²) in [6, 6.07) is 13.8. The molecule has 2 aromatic rings. The Bertz CT molecular complexity index is 629. The number of hydrogen-bond donors (Lipinski definition) is 1. The van der Waals surface area contributed by atoms with Crippen LogP contribution in [0, 0.1) is 0 Å². The molecule has 1 saturated heterocycles. The van der Waals surface area contributed by atoms with Gasteiger partial charge in [0.2, 0.25) is 5.91 Å². The van der Waals surface area contributed by atoms with Crippen molar-refractivity contribution in [3.8, 4) is 0 Å². The molecule has 0 spiro atoms. The van der Waals surface area contributed by atoms with E-state index in [1.54, 1.807) is 11.3 Å². The molecule has 1 aliphatic rings. The maximum atomic E-state index is 12.8. The van der Waals surface area contributed by atoms with Crippen LogP contribution in [0.15, 0.2) is 47.8 Å². The molecule has 5 heteroatoms. The quantitative estimate of drug-likeness (QED) is 0.875. The molecule has 0 bridgehead atoms. The zero-order valence-electron chi connectivity index (χ0n) is 13.6. The number of amides is 1. The molecule has 3 rings (SSSR count). The van der Waals surface area contributed by atoms with E-state index in [1.807, 2.05) is 41.3 Å². The molecule has 4 nitrogen and oxygen atoms in total. The molecule has 1 N–H and O–H groups in total. The number of benzene rings is 1. The van der Waals surface area contributed by atoms with Crippen molar-refractivity contribution in [2.24, 2.45) is 0 Å². The number of morpholine rings is 1. The van der Waals surface area contributed by atoms with Gasteiger partial charge in [-0.05, 0) is 29.9 Å². The van der Waals surface area contributed by atoms with Crippen molar-refractivity contribution in [1.29, 1.82) is 0 Å². The topological polar surface area (TPSA) is 49.8 Å². The second kappa shape index (κ2) is 8.42. The standard InChI is InChI=1S/C19H23NO3S/c21-14-17-19(15-6-2-1-3-7-15)20(11-12-23-17)18(22)10-4-8-16-9-5-13-24-16/h1-3,5-7,9,13,17,19,21H,4,8,10-12,14H2/t17-,19-/m1/s1. The Kier molecular flexibility index (Phi) is 6.01. The number of ether oxygens (including phenoxy) is 1. The van der Waals surface area contributed by atoms with E-state index in [0.29, 0.717) is 19.6 Å². The van der Waals surface area contributed by atoms with Gasteiger partial charge in [-0.2, -0.15) is 0 Å². The van der Waals surface area contributed by atoms with E-state index >= 15 is 0 Å². The molecule has 0 saturated carbocycles. The van der Waals surface area contributed by atoms with Gasteiger partial charge < -0.3 is 14.7 Å². The van der Waals surface area contributed by atoms with Crippen LogP contribution in [0.4, 0.5) is 0 Å². The first-order valence-corrected chi connectivity index (χ1v) is 9.27. The first kappa shape index (κ1) is 17.1. The van der Waals surface area contributed by atoms with Gasteiger partial charge in [-0.3, -0.25) is 4.79 Å². The Labute approximate surface area is 146 Å². The predicted molar refractivity (Wildman–Crippen MR) is 95.0 cm³/mol. The SMILES string of the molecule is O=C(CCCc1cccs1)N1CCO[C@H](CO)[C@H]1c1ccccc1. The van der Waals surface area contributed by atoms with Gasteiger partial charge in [0, 0.05) is 17.8 Å². The number of aliphatic hydroxyl groups excluding tert-OH is 1. The van der Waals surface area contributed by atoms with Crippen LogP contribution in [0.1, 0.15) is 29.3 Å². The van der Waals surface area contributed by atoms with E-state index in [4.69, 9.17) is 4.74 Å². The van der Waals surface area contributed by atoms with Crippen LogP contribution in [0.5, 0.6) is 0 Å². The highest BCUT2D eigenvalue weighted by atomic mass is 32.1. The summed E-state index contributed by atoms with van der Waals surface area (Å²) in [6.45, 7) is 0.970. The van der Waals surface area contributed by atoms with Gasteiger partial charge >= 0.3 is 0 Å². The van der Waals surface area contributed by atoms with E-state index in [9.17, 15) is 9.90 Å². The minimum absolute atomic E-state index is 0.0848. The van der Waals surface area contributed by atoms with Gasteiger partial charge in [0.25, 0.3) is 0 Å². The molecule has 1 amide bonds. The Morgan fingerprint density at radius 2 is 2.08 bits per heavy atom. The summed E-state index contributed by atoms with van der Waals surface area (Å²) in [6.07, 6.45) is 1.96. The summed E-state index contributed by atoms with van der Waals surface area (Å²) in [7, 11) is 0. The molecule has 1 aliphatic heterocycles. The van der Waals surface area contributed by atoms with Crippen molar-refractivity contribution in [3.05, 3.63) is 58.3 Å². The second-order valence-electron chi connectivity index (χ2n) is 5.97. The number of aliphatic hydroxyl groups is 1. The summed E-state index contributed by atoms with van der Waals surface area (Å²) >= 11 is 1.73. The van der Waals surface area contributed by atoms with E-state index in [2.05, 4.69) is 11.4 Å². The molecule has 24 heavy (non-hydrogen) atoms. The third-order valence-corrected chi connectivity index (χ3v) is 5.32. The molecule has 128 valence electrons. The number of carbonyl (C=O) groups is 1. The largest absolute Gasteiger partial charge is 0.394 e. The molecular weight excluding hydrogens is 322 g/mol. The average Bonchev–Trinajstić information content (AvgIpc) is 3.15. The van der Waals surface area contributed by atoms with Crippen LogP contribution in [-0.4, -0.2) is 41.8 Å². The van der Waals surface area contributed by atoms with Crippen molar-refractivity contribution >= 4 is 17.2 Å². The fraction of sp³-hybridized carbons (Fsp3) is 0.421. The minimum Gasteiger partial charge on any atom is -0.394 e. The van der Waals surface area contributed by atoms with Crippen LogP contribution >= 0.6 is 11.3 Å². The minimum atomic E-state index is -0.359. The van der Waals surface area contributed by atoms with Crippen molar-refractivity contribution < 1.29 is 14.6 Å². The summed E-state index contributed by atoms with van der Waals surface area (Å²) in [5, 5.41) is 11.7. The smallest absolute Gasteiger partial charge is 0.223 e. The maximum absolute atomic E-state index is 12.8. The number of rotatable bonds is 6. The average molecular weight is 345 g/mol. The van der Waals surface area contributed by atoms with E-state index < -0.39 is 0 Å². The number of thiophene rings is 1. The molecule has 1 aromatic heterocycles. The third-order valence-electron chi connectivity index (χ3n) is 4.39. The number of carbonyl (C=O) groups excluding carboxylic acids is 1. The van der Waals surface area contributed by atoms with Crippen molar-refractivity contribution in [2.45, 2.75) is 31.4 Å². The van der Waals surface area contributed by atoms with Crippen molar-refractivity contribution in [3.63, 3.8) is 0 Å². The van der Waals surface area contributed by atoms with Gasteiger partial charge in [0.05, 0.1) is 19.3 Å². The van der Waals surface area contributed by atoms with Gasteiger partial charge in [-0.25, -0.2) is 0 Å². The summed E-state index contributed by atoms with van der Waals surface area (Å²) < 4.78 is 5.70. The number of aryl methyl sites for hydroxylation is 1. The second-order valence-corrected chi connectivity index (χ2v) is 7.00. The highest BCUT2D eigenvalue weighted by molar-refractivity contribution is 7.09. The van der Waals surface area contributed by atoms with E-state index in [-0.39, 0.29) is 24.7 Å². The number of hydrogen-bond acceptors (Lipinski definition) is 4. The first-order chi connectivity index (χ1) is 11.8. The Morgan fingerprint density at radius 3 is 2.79 bits per heavy atom. The third kappa shape index (κ3) is 4.04. The van der Waals surface area contributed by atoms with Crippen LogP contribution < -0.4 is 0 Å². The highest BCUT2D eigenvalue weighted by Gasteiger charge is 2.35. The highest BCUT2D eigenvalue weighted by Crippen LogP contribution is 2.30. The van der Waals surface area contributed by atoms with Gasteiger partial charge in [-0.1, -0.05) is 36.4 Å². The van der Waals surface area contributed by atoms with Gasteiger partial charge in [0.1, 0.15) is 6.10 Å². The lowest BCUT2D eigenvalue weighted by molar-refractivity contribution is -0.150. The zero-order chi connectivity index (χ0) is 16.8. The van der Waals surface area contributed by atoms with Gasteiger partial charge in [0.15, 0.2) is 0 Å². The molecule has 2 heterocycles. The maximum Gasteiger partial charge on any atom is 0.223 e. The van der Waals surface area contributed by atoms with Crippen LogP contribution in [0.3, 0.4) is 0 Å². The normalized spacial score (nSPS) is 21.0. The van der Waals surface area contributed by atoms with Crippen LogP contribution in [-0.2, 0) is 16.0 Å². The monoisotopic (exact) mass is 345 g/mol. The lowest BCUT2D eigenvalue weighted by Gasteiger charge is -2.41. The first-order valence-electron chi connectivity index (χ1n) is 8.39. The van der Waals surface area contributed by atoms with Crippen LogP contribution in [0.2, 0.25) is 0 Å². The molecule has 0 unspecified atom stereocenters. The molecule has 0 radical (unpaired) electrons. The lowest BCUT2D eigenvalue weighted by Crippen LogP contribution is -2.49. The Balaban J connectivity index is 1.67. The fourth-order valence-electron chi connectivity index (χ4n) is 3.22. The summed E-state index contributed by atoms with van der Waals surface area (Å²) in [4.78, 5) is 16.0. The zero-order valence-corrected chi connectivity index (χ0v) is 14.5. The summed E-state index contributed by atoms with van der Waals surface area (Å²) in [5.74, 6) is 0.141. The molecule has 0 aliphatic carbocycles. The molecule has 1 fully saturated rings. The Hall–Kier alpha value is -1.69. The van der Waals surface area contributed by atoms with E-state index in [1.165, 1.54) is 4.88 Å². The fourth-order valence-corrected chi connectivity index (χ4v) is 3.97. The summed E-state index contributed by atoms with van der Waals surface area (Å²) in [5.41, 5.74) is 1.02. The van der Waals surface area contributed by atoms with Crippen LogP contribution in [0.25, 0.3) is 0 Å². The predicted octanol–water partition coefficient (Wildman–Crippen LogP) is 3.03. The van der Waals surface area contributed by atoms with Crippen molar-refractivity contribution in [2.75, 3.05) is 19.8 Å². The van der Waals surface area contributed by atoms with Gasteiger partial charge in [-0.15, -0.1) is 11.3 Å². The molecular formula is C19H23NO3S.